The molecule has 2 aromatic rings. The van der Waals surface area contributed by atoms with Crippen molar-refractivity contribution in [1.82, 2.24) is 15.3 Å². The minimum absolute atomic E-state index is 0.632. The molecule has 0 aliphatic heterocycles. The SMILES string of the molecule is CNCCOc1ccc2nc(C)sc2n1. The van der Waals surface area contributed by atoms with Crippen molar-refractivity contribution in [2.24, 2.45) is 0 Å². The molecule has 0 aliphatic carbocycles. The molecular weight excluding hydrogens is 210 g/mol. The van der Waals surface area contributed by atoms with E-state index in [1.807, 2.05) is 26.1 Å². The van der Waals surface area contributed by atoms with E-state index in [0.717, 1.165) is 21.9 Å². The number of aryl methyl sites for hydroxylation is 1. The number of hydrogen-bond donors (Lipinski definition) is 1. The fourth-order valence-electron chi connectivity index (χ4n) is 1.25. The van der Waals surface area contributed by atoms with Gasteiger partial charge in [0, 0.05) is 12.6 Å². The van der Waals surface area contributed by atoms with Crippen molar-refractivity contribution >= 4 is 21.7 Å². The lowest BCUT2D eigenvalue weighted by Gasteiger charge is -2.03. The van der Waals surface area contributed by atoms with E-state index in [4.69, 9.17) is 4.74 Å². The molecule has 0 amide bonds. The summed E-state index contributed by atoms with van der Waals surface area (Å²) in [5.41, 5.74) is 0.943. The van der Waals surface area contributed by atoms with Gasteiger partial charge in [0.15, 0.2) is 0 Å². The number of ether oxygens (including phenoxy) is 1. The number of thiazole rings is 1. The molecule has 0 saturated heterocycles. The third-order valence-corrected chi connectivity index (χ3v) is 2.82. The van der Waals surface area contributed by atoms with Crippen molar-refractivity contribution in [3.63, 3.8) is 0 Å². The van der Waals surface area contributed by atoms with Crippen molar-refractivity contribution in [3.8, 4) is 5.88 Å². The van der Waals surface area contributed by atoms with Gasteiger partial charge in [-0.1, -0.05) is 11.3 Å². The first-order valence-electron chi connectivity index (χ1n) is 4.81. The number of likely N-dealkylation sites (N-methyl/N-ethyl adjacent to an activating group) is 1. The van der Waals surface area contributed by atoms with Crippen molar-refractivity contribution in [1.29, 1.82) is 0 Å². The summed E-state index contributed by atoms with van der Waals surface area (Å²) in [5, 5.41) is 4.05. The Morgan fingerprint density at radius 3 is 3.07 bits per heavy atom. The first-order chi connectivity index (χ1) is 7.29. The predicted molar refractivity (Wildman–Crippen MR) is 61.6 cm³/mol. The molecule has 15 heavy (non-hydrogen) atoms. The molecule has 1 N–H and O–H groups in total. The van der Waals surface area contributed by atoms with Crippen molar-refractivity contribution in [2.45, 2.75) is 6.92 Å². The Morgan fingerprint density at radius 1 is 1.40 bits per heavy atom. The highest BCUT2D eigenvalue weighted by molar-refractivity contribution is 7.18. The zero-order valence-electron chi connectivity index (χ0n) is 8.78. The standard InChI is InChI=1S/C10H13N3OS/c1-7-12-8-3-4-9(13-10(8)15-7)14-6-5-11-2/h3-4,11H,5-6H2,1-2H3. The molecule has 2 aromatic heterocycles. The Kier molecular flexibility index (Phi) is 3.13. The molecule has 80 valence electrons. The first-order valence-corrected chi connectivity index (χ1v) is 5.63. The van der Waals surface area contributed by atoms with Gasteiger partial charge in [-0.2, -0.15) is 0 Å². The van der Waals surface area contributed by atoms with E-state index in [1.165, 1.54) is 0 Å². The quantitative estimate of drug-likeness (QED) is 0.800. The Labute approximate surface area is 92.3 Å². The fraction of sp³-hybridized carbons (Fsp3) is 0.400. The summed E-state index contributed by atoms with van der Waals surface area (Å²) in [4.78, 5) is 9.65. The molecule has 0 aliphatic rings. The number of nitrogens with one attached hydrogen (secondary N) is 1. The van der Waals surface area contributed by atoms with Crippen LogP contribution in [0.4, 0.5) is 0 Å². The largest absolute Gasteiger partial charge is 0.476 e. The molecule has 5 heteroatoms. The van der Waals surface area contributed by atoms with Gasteiger partial charge in [-0.05, 0) is 20.0 Å². The molecular formula is C10H13N3OS. The Balaban J connectivity index is 2.15. The van der Waals surface area contributed by atoms with Crippen LogP contribution in [0.3, 0.4) is 0 Å². The van der Waals surface area contributed by atoms with Crippen LogP contribution in [0.15, 0.2) is 12.1 Å². The van der Waals surface area contributed by atoms with E-state index in [-0.39, 0.29) is 0 Å². The Hall–Kier alpha value is -1.20. The Morgan fingerprint density at radius 2 is 2.27 bits per heavy atom. The van der Waals surface area contributed by atoms with Crippen molar-refractivity contribution in [2.75, 3.05) is 20.2 Å². The molecule has 0 fully saturated rings. The van der Waals surface area contributed by atoms with Gasteiger partial charge in [0.25, 0.3) is 0 Å². The third-order valence-electron chi connectivity index (χ3n) is 1.94. The molecule has 4 nitrogen and oxygen atoms in total. The van der Waals surface area contributed by atoms with Crippen molar-refractivity contribution in [3.05, 3.63) is 17.1 Å². The summed E-state index contributed by atoms with van der Waals surface area (Å²) in [6.45, 7) is 3.43. The van der Waals surface area contributed by atoms with Gasteiger partial charge in [-0.25, -0.2) is 9.97 Å². The lowest BCUT2D eigenvalue weighted by Crippen LogP contribution is -2.16. The number of nitrogens with zero attached hydrogens (tertiary/aromatic N) is 2. The van der Waals surface area contributed by atoms with Crippen LogP contribution in [0.1, 0.15) is 5.01 Å². The average Bonchev–Trinajstić information content (AvgIpc) is 2.57. The van der Waals surface area contributed by atoms with Gasteiger partial charge in [0.2, 0.25) is 5.88 Å². The summed E-state index contributed by atoms with van der Waals surface area (Å²) < 4.78 is 5.47. The molecule has 0 spiro atoms. The topological polar surface area (TPSA) is 47.0 Å². The highest BCUT2D eigenvalue weighted by Crippen LogP contribution is 2.21. The molecule has 0 atom stereocenters. The number of rotatable bonds is 4. The average molecular weight is 223 g/mol. The fourth-order valence-corrected chi connectivity index (χ4v) is 2.02. The zero-order valence-corrected chi connectivity index (χ0v) is 9.60. The lowest BCUT2D eigenvalue weighted by atomic mass is 10.4. The number of fused-ring (bicyclic) bond motifs is 1. The maximum Gasteiger partial charge on any atom is 0.214 e. The summed E-state index contributed by atoms with van der Waals surface area (Å²) in [6.07, 6.45) is 0. The number of aromatic nitrogens is 2. The smallest absolute Gasteiger partial charge is 0.214 e. The van der Waals surface area contributed by atoms with Crippen LogP contribution in [-0.2, 0) is 0 Å². The number of hydrogen-bond acceptors (Lipinski definition) is 5. The summed E-state index contributed by atoms with van der Waals surface area (Å²) in [5.74, 6) is 0.668. The molecule has 0 unspecified atom stereocenters. The van der Waals surface area contributed by atoms with Crippen LogP contribution in [0.2, 0.25) is 0 Å². The minimum Gasteiger partial charge on any atom is -0.476 e. The van der Waals surface area contributed by atoms with Crippen LogP contribution in [0, 0.1) is 6.92 Å². The van der Waals surface area contributed by atoms with Gasteiger partial charge < -0.3 is 10.1 Å². The predicted octanol–water partition coefficient (Wildman–Crippen LogP) is 1.60. The molecule has 0 bridgehead atoms. The molecule has 0 saturated carbocycles. The maximum absolute atomic E-state index is 5.47. The van der Waals surface area contributed by atoms with E-state index in [2.05, 4.69) is 15.3 Å². The second-order valence-electron chi connectivity index (χ2n) is 3.16. The maximum atomic E-state index is 5.47. The number of pyridine rings is 1. The summed E-state index contributed by atoms with van der Waals surface area (Å²) in [7, 11) is 1.90. The minimum atomic E-state index is 0.632. The monoisotopic (exact) mass is 223 g/mol. The van der Waals surface area contributed by atoms with Crippen LogP contribution >= 0.6 is 11.3 Å². The summed E-state index contributed by atoms with van der Waals surface area (Å²) in [6, 6.07) is 3.80. The highest BCUT2D eigenvalue weighted by atomic mass is 32.1. The molecule has 2 rings (SSSR count). The highest BCUT2D eigenvalue weighted by Gasteiger charge is 2.03. The zero-order chi connectivity index (χ0) is 10.7. The lowest BCUT2D eigenvalue weighted by molar-refractivity contribution is 0.307. The second kappa shape index (κ2) is 4.55. The van der Waals surface area contributed by atoms with Gasteiger partial charge in [0.05, 0.1) is 5.01 Å². The Bertz CT molecular complexity index is 455. The third kappa shape index (κ3) is 2.43. The van der Waals surface area contributed by atoms with E-state index >= 15 is 0 Å². The van der Waals surface area contributed by atoms with E-state index < -0.39 is 0 Å². The normalized spacial score (nSPS) is 10.8. The van der Waals surface area contributed by atoms with Gasteiger partial charge in [0.1, 0.15) is 17.0 Å². The molecule has 2 heterocycles. The van der Waals surface area contributed by atoms with Crippen LogP contribution < -0.4 is 10.1 Å². The molecule has 0 radical (unpaired) electrons. The van der Waals surface area contributed by atoms with Gasteiger partial charge in [-0.3, -0.25) is 0 Å². The van der Waals surface area contributed by atoms with Gasteiger partial charge in [-0.15, -0.1) is 0 Å². The van der Waals surface area contributed by atoms with Crippen LogP contribution in [-0.4, -0.2) is 30.2 Å². The van der Waals surface area contributed by atoms with Crippen LogP contribution in [0.5, 0.6) is 5.88 Å². The van der Waals surface area contributed by atoms with E-state index in [9.17, 15) is 0 Å². The first kappa shape index (κ1) is 10.3. The molecule has 0 aromatic carbocycles. The van der Waals surface area contributed by atoms with Crippen molar-refractivity contribution < 1.29 is 4.74 Å². The van der Waals surface area contributed by atoms with Gasteiger partial charge >= 0.3 is 0 Å². The second-order valence-corrected chi connectivity index (χ2v) is 4.34. The van der Waals surface area contributed by atoms with E-state index in [0.29, 0.717) is 12.5 Å². The van der Waals surface area contributed by atoms with Crippen LogP contribution in [0.25, 0.3) is 10.3 Å². The summed E-state index contributed by atoms with van der Waals surface area (Å²) >= 11 is 1.59. The van der Waals surface area contributed by atoms with E-state index in [1.54, 1.807) is 11.3 Å².